The van der Waals surface area contributed by atoms with E-state index in [1.807, 2.05) is 11.4 Å². The van der Waals surface area contributed by atoms with Gasteiger partial charge in [-0.3, -0.25) is 71.9 Å². The predicted octanol–water partition coefficient (Wildman–Crippen LogP) is -3.38. The highest BCUT2D eigenvalue weighted by Crippen LogP contribution is 2.27. The molecule has 0 radical (unpaired) electrons. The van der Waals surface area contributed by atoms with Crippen LogP contribution < -0.4 is 41.4 Å². The van der Waals surface area contributed by atoms with E-state index >= 15 is 0 Å². The van der Waals surface area contributed by atoms with Crippen LogP contribution in [0.5, 0.6) is 5.75 Å². The maximum atomic E-state index is 13.6. The molecule has 34 nitrogen and oxygen atoms in total. The number of carboxylic acid groups (broad SMARTS) is 4. The molecular weight excluding hydrogens is 1290 g/mol. The Labute approximate surface area is 537 Å². The van der Waals surface area contributed by atoms with Gasteiger partial charge in [0, 0.05) is 96.2 Å². The van der Waals surface area contributed by atoms with Gasteiger partial charge in [-0.1, -0.05) is 18.2 Å². The largest absolute Gasteiger partial charge is 0.494 e. The Bertz CT molecular complexity index is 3450. The van der Waals surface area contributed by atoms with Gasteiger partial charge >= 0.3 is 23.9 Å². The molecule has 13 N–H and O–H groups in total. The Morgan fingerprint density at radius 2 is 1.13 bits per heavy atom. The molecule has 3 heterocycles. The lowest BCUT2D eigenvalue weighted by Gasteiger charge is -2.33. The van der Waals surface area contributed by atoms with Crippen LogP contribution in [0.1, 0.15) is 57.6 Å². The van der Waals surface area contributed by atoms with Crippen LogP contribution in [-0.2, 0) is 87.9 Å². The summed E-state index contributed by atoms with van der Waals surface area (Å²) in [6.07, 6.45) is 3.33. The monoisotopic (exact) mass is 1370 g/mol. The van der Waals surface area contributed by atoms with E-state index < -0.39 is 153 Å². The maximum Gasteiger partial charge on any atom is 0.323 e. The molecule has 2 aliphatic rings. The van der Waals surface area contributed by atoms with Crippen LogP contribution in [0.3, 0.4) is 0 Å². The summed E-state index contributed by atoms with van der Waals surface area (Å²) < 4.78 is 103. The molecule has 37 heteroatoms. The molecule has 1 aromatic heterocycles. The summed E-state index contributed by atoms with van der Waals surface area (Å²) in [4.78, 5) is 123. The summed E-state index contributed by atoms with van der Waals surface area (Å²) >= 11 is 0. The number of fused-ring (bicyclic) bond motifs is 1. The fourth-order valence-corrected chi connectivity index (χ4v) is 13.0. The molecular formula is C56H80N12O22S3. The first-order chi connectivity index (χ1) is 43.7. The molecule has 0 saturated carbocycles. The van der Waals surface area contributed by atoms with Crippen molar-refractivity contribution in [3.8, 4) is 5.75 Å². The highest BCUT2D eigenvalue weighted by Gasteiger charge is 2.34. The van der Waals surface area contributed by atoms with Gasteiger partial charge in [0.05, 0.1) is 37.7 Å². The molecule has 514 valence electrons. The van der Waals surface area contributed by atoms with Crippen LogP contribution in [-0.4, -0.2) is 274 Å². The lowest BCUT2D eigenvalue weighted by atomic mass is 10.0. The van der Waals surface area contributed by atoms with Gasteiger partial charge in [-0.15, -0.1) is 0 Å². The normalized spacial score (nSPS) is 15.9. The van der Waals surface area contributed by atoms with Crippen molar-refractivity contribution in [2.75, 3.05) is 128 Å². The number of amides is 5. The van der Waals surface area contributed by atoms with Crippen LogP contribution in [0.15, 0.2) is 53.4 Å². The number of carbonyl (C=O) groups is 9. The van der Waals surface area contributed by atoms with Gasteiger partial charge < -0.3 is 57.1 Å². The molecule has 3 atom stereocenters. The smallest absolute Gasteiger partial charge is 0.323 e. The van der Waals surface area contributed by atoms with Crippen molar-refractivity contribution in [1.82, 2.24) is 55.9 Å². The highest BCUT2D eigenvalue weighted by atomic mass is 32.2. The zero-order valence-electron chi connectivity index (χ0n) is 51.2. The van der Waals surface area contributed by atoms with Crippen molar-refractivity contribution >= 4 is 89.5 Å². The summed E-state index contributed by atoms with van der Waals surface area (Å²) in [5.74, 6) is -12.1. The molecule has 93 heavy (non-hydrogen) atoms. The van der Waals surface area contributed by atoms with Crippen molar-refractivity contribution < 1.29 is 103 Å². The van der Waals surface area contributed by atoms with Gasteiger partial charge in [0.25, 0.3) is 26.1 Å². The SMILES string of the molecule is Cc1cc(OCCCC(=O)NCCNC(=O)C(CS(=O)(=O)O)NC(=O)[C@H](CS(=O)(=O)O)NC(=O)CN2CCN(CC(=O)O)CCN(CC(=O)O)CCN(CC(=O)O)CC2)cc(C)c1S(=O)(=O)NC(CNC(=O)c1ccc(CCc2ccc3c(n2)NCCC3)cc1)C(=O)O. The molecule has 2 aliphatic heterocycles. The minimum atomic E-state index is -5.11. The topological polar surface area (TPSA) is 497 Å². The molecule has 1 saturated heterocycles. The summed E-state index contributed by atoms with van der Waals surface area (Å²) in [6.45, 7) is 0.425. The zero-order valence-corrected chi connectivity index (χ0v) is 53.7. The fraction of sp³-hybridized carbons (Fsp3) is 0.536. The fourth-order valence-electron chi connectivity index (χ4n) is 10.1. The minimum absolute atomic E-state index is 0.0325. The molecule has 0 aliphatic carbocycles. The molecule has 2 aromatic carbocycles. The first kappa shape index (κ1) is 75.7. The van der Waals surface area contributed by atoms with Crippen molar-refractivity contribution in [3.05, 3.63) is 82.0 Å². The lowest BCUT2D eigenvalue weighted by molar-refractivity contribution is -0.140. The summed E-state index contributed by atoms with van der Waals surface area (Å²) in [5.41, 5.74) is 3.65. The van der Waals surface area contributed by atoms with Gasteiger partial charge in [-0.2, -0.15) is 21.6 Å². The Kier molecular flexibility index (Phi) is 29.2. The van der Waals surface area contributed by atoms with E-state index in [9.17, 15) is 97.9 Å². The number of carboxylic acids is 4. The average Bonchev–Trinajstić information content (AvgIpc) is 0.828. The Morgan fingerprint density at radius 1 is 0.613 bits per heavy atom. The number of nitrogens with zero attached hydrogens (tertiary/aromatic N) is 5. The molecule has 0 spiro atoms. The van der Waals surface area contributed by atoms with E-state index in [4.69, 9.17) is 9.72 Å². The number of pyridine rings is 1. The lowest BCUT2D eigenvalue weighted by Crippen LogP contribution is -2.58. The highest BCUT2D eigenvalue weighted by molar-refractivity contribution is 7.89. The molecule has 3 aromatic rings. The van der Waals surface area contributed by atoms with Gasteiger partial charge in [0.1, 0.15) is 41.2 Å². The number of rotatable bonds is 34. The van der Waals surface area contributed by atoms with E-state index in [0.717, 1.165) is 36.5 Å². The quantitative estimate of drug-likeness (QED) is 0.0205. The summed E-state index contributed by atoms with van der Waals surface area (Å²) in [5, 5.41) is 53.0. The van der Waals surface area contributed by atoms with E-state index in [-0.39, 0.29) is 106 Å². The third kappa shape index (κ3) is 27.6. The van der Waals surface area contributed by atoms with Gasteiger partial charge in [0.15, 0.2) is 0 Å². The summed E-state index contributed by atoms with van der Waals surface area (Å²) in [7, 11) is -14.7. The summed E-state index contributed by atoms with van der Waals surface area (Å²) in [6, 6.07) is 7.47. The third-order valence-corrected chi connectivity index (χ3v) is 17.9. The van der Waals surface area contributed by atoms with E-state index in [0.29, 0.717) is 12.8 Å². The first-order valence-electron chi connectivity index (χ1n) is 29.4. The second-order valence-electron chi connectivity index (χ2n) is 22.2. The second kappa shape index (κ2) is 35.9. The number of aromatic nitrogens is 1. The number of aliphatic carboxylic acids is 4. The van der Waals surface area contributed by atoms with Crippen molar-refractivity contribution in [3.63, 3.8) is 0 Å². The number of anilines is 1. The van der Waals surface area contributed by atoms with Crippen LogP contribution >= 0.6 is 0 Å². The Morgan fingerprint density at radius 3 is 1.65 bits per heavy atom. The molecule has 5 rings (SSSR count). The number of carbonyl (C=O) groups excluding carboxylic acids is 5. The van der Waals surface area contributed by atoms with Gasteiger partial charge in [-0.25, -0.2) is 13.4 Å². The van der Waals surface area contributed by atoms with Crippen molar-refractivity contribution in [2.24, 2.45) is 0 Å². The van der Waals surface area contributed by atoms with Crippen molar-refractivity contribution in [2.45, 2.75) is 75.4 Å². The van der Waals surface area contributed by atoms with Crippen LogP contribution in [0, 0.1) is 13.8 Å². The number of hydrogen-bond donors (Lipinski definition) is 13. The maximum absolute atomic E-state index is 13.6. The average molecular weight is 1370 g/mol. The Balaban J connectivity index is 1.08. The van der Waals surface area contributed by atoms with Crippen molar-refractivity contribution in [1.29, 1.82) is 0 Å². The van der Waals surface area contributed by atoms with Gasteiger partial charge in [-0.05, 0) is 98.5 Å². The van der Waals surface area contributed by atoms with Gasteiger partial charge in [0.2, 0.25) is 33.7 Å². The number of hydrogen-bond acceptors (Lipinski definition) is 22. The standard InChI is InChI=1S/C56H80N12O22S3/c1-36-27-42(28-37(2)51(36)93(88,89)64-43(56(80)81)29-60-53(77)40-10-7-38(8-11-40)9-13-41-14-12-39-5-3-15-58-52(39)61-41)90-26-4-6-46(69)57-16-17-59-54(78)44(34-91(82,83)84)63-55(79)45(35-92(85,86)87)62-47(70)30-65-18-20-66(31-48(71)72)22-24-68(33-50(75)76)25-23-67(21-19-65)32-49(73)74/h7-8,10-12,14,27-28,43-45,64H,3-6,9,13,15-26,29-35H2,1-2H3,(H,57,69)(H,58,61)(H,59,78)(H,60,77)(H,62,70)(H,63,79)(H,71,72)(H,73,74)(H,75,76)(H,80,81)(H,82,83,84)(H,85,86,87)/t43?,44?,45-/m0/s1. The molecule has 1 fully saturated rings. The Hall–Kier alpha value is -8.01. The van der Waals surface area contributed by atoms with E-state index in [1.54, 1.807) is 24.3 Å². The number of sulfonamides is 1. The minimum Gasteiger partial charge on any atom is -0.494 e. The van der Waals surface area contributed by atoms with Crippen LogP contribution in [0.25, 0.3) is 0 Å². The molecule has 2 unspecified atom stereocenters. The number of nitrogens with one attached hydrogen (secondary N) is 7. The second-order valence-corrected chi connectivity index (χ2v) is 26.8. The molecule has 5 amide bonds. The third-order valence-electron chi connectivity index (χ3n) is 14.6. The number of aryl methyl sites for hydroxylation is 5. The first-order valence-corrected chi connectivity index (χ1v) is 34.1. The number of benzene rings is 2. The zero-order chi connectivity index (χ0) is 68.6. The van der Waals surface area contributed by atoms with E-state index in [2.05, 4.69) is 37.4 Å². The predicted molar refractivity (Wildman–Crippen MR) is 331 cm³/mol. The van der Waals surface area contributed by atoms with Crippen LogP contribution in [0.2, 0.25) is 0 Å². The molecule has 0 bridgehead atoms. The van der Waals surface area contributed by atoms with E-state index in [1.165, 1.54) is 51.1 Å². The number of ether oxygens (including phenoxy) is 1. The van der Waals surface area contributed by atoms with Crippen LogP contribution in [0.4, 0.5) is 5.82 Å².